The van der Waals surface area contributed by atoms with Crippen LogP contribution in [-0.2, 0) is 0 Å². The van der Waals surface area contributed by atoms with E-state index in [9.17, 15) is 0 Å². The maximum atomic E-state index is 6.16. The molecule has 1 aromatic heterocycles. The minimum atomic E-state index is 0.368. The molecule has 21 heavy (non-hydrogen) atoms. The quantitative estimate of drug-likeness (QED) is 0.860. The van der Waals surface area contributed by atoms with Crippen LogP contribution in [0.3, 0.4) is 0 Å². The lowest BCUT2D eigenvalue weighted by molar-refractivity contribution is 0.209. The van der Waals surface area contributed by atoms with Crippen molar-refractivity contribution in [3.05, 3.63) is 23.8 Å². The third-order valence-corrected chi connectivity index (χ3v) is 4.52. The van der Waals surface area contributed by atoms with Gasteiger partial charge in [-0.15, -0.1) is 5.10 Å². The van der Waals surface area contributed by atoms with E-state index < -0.39 is 0 Å². The van der Waals surface area contributed by atoms with E-state index in [1.54, 1.807) is 0 Å². The summed E-state index contributed by atoms with van der Waals surface area (Å²) in [4.78, 5) is 0. The van der Waals surface area contributed by atoms with Gasteiger partial charge < -0.3 is 5.73 Å². The number of benzene rings is 1. The summed E-state index contributed by atoms with van der Waals surface area (Å²) in [5.41, 5.74) is 8.98. The third kappa shape index (κ3) is 2.64. The molecule has 0 radical (unpaired) electrons. The average Bonchev–Trinajstić information content (AvgIpc) is 2.86. The Bertz CT molecular complexity index is 603. The van der Waals surface area contributed by atoms with Crippen molar-refractivity contribution in [1.82, 2.24) is 20.2 Å². The first-order valence-electron chi connectivity index (χ1n) is 7.69. The molecule has 0 saturated heterocycles. The van der Waals surface area contributed by atoms with Crippen molar-refractivity contribution in [3.8, 4) is 11.4 Å². The zero-order valence-corrected chi connectivity index (χ0v) is 13.0. The van der Waals surface area contributed by atoms with Crippen LogP contribution in [-0.4, -0.2) is 20.2 Å². The first kappa shape index (κ1) is 14.0. The van der Waals surface area contributed by atoms with E-state index >= 15 is 0 Å². The van der Waals surface area contributed by atoms with Gasteiger partial charge in [0.15, 0.2) is 5.82 Å². The molecule has 0 spiro atoms. The standard InChI is InChI=1S/C16H23N5/c1-10-7-11(2)9-13(8-10)21-16(18-19-20-21)15-12(3)5-4-6-14(15)17/h4-6,10-11,13H,7-9,17H2,1-3H3. The minimum Gasteiger partial charge on any atom is -0.398 e. The zero-order valence-electron chi connectivity index (χ0n) is 13.0. The predicted octanol–water partition coefficient (Wildman–Crippen LogP) is 3.23. The molecule has 1 aliphatic rings. The summed E-state index contributed by atoms with van der Waals surface area (Å²) in [6, 6.07) is 6.30. The van der Waals surface area contributed by atoms with Crippen molar-refractivity contribution < 1.29 is 0 Å². The lowest BCUT2D eigenvalue weighted by Crippen LogP contribution is -2.24. The number of aromatic nitrogens is 4. The summed E-state index contributed by atoms with van der Waals surface area (Å²) in [5, 5.41) is 12.4. The van der Waals surface area contributed by atoms with Gasteiger partial charge in [0.1, 0.15) is 0 Å². The molecule has 0 aliphatic heterocycles. The van der Waals surface area contributed by atoms with Crippen LogP contribution in [0.1, 0.15) is 44.7 Å². The maximum absolute atomic E-state index is 6.16. The van der Waals surface area contributed by atoms with Gasteiger partial charge >= 0.3 is 0 Å². The number of hydrogen-bond donors (Lipinski definition) is 1. The number of anilines is 1. The molecule has 1 heterocycles. The van der Waals surface area contributed by atoms with Crippen molar-refractivity contribution in [3.63, 3.8) is 0 Å². The molecule has 1 aliphatic carbocycles. The molecule has 2 N–H and O–H groups in total. The Morgan fingerprint density at radius 3 is 2.52 bits per heavy atom. The van der Waals surface area contributed by atoms with E-state index in [2.05, 4.69) is 42.4 Å². The second kappa shape index (κ2) is 5.47. The van der Waals surface area contributed by atoms with Crippen molar-refractivity contribution in [1.29, 1.82) is 0 Å². The normalized spacial score (nSPS) is 26.0. The second-order valence-electron chi connectivity index (χ2n) is 6.56. The van der Waals surface area contributed by atoms with E-state index in [0.29, 0.717) is 17.9 Å². The van der Waals surface area contributed by atoms with Crippen LogP contribution in [0.2, 0.25) is 0 Å². The van der Waals surface area contributed by atoms with Gasteiger partial charge in [-0.25, -0.2) is 4.68 Å². The van der Waals surface area contributed by atoms with Crippen molar-refractivity contribution in [2.75, 3.05) is 5.73 Å². The Morgan fingerprint density at radius 2 is 1.86 bits per heavy atom. The van der Waals surface area contributed by atoms with Crippen molar-refractivity contribution in [2.24, 2.45) is 11.8 Å². The van der Waals surface area contributed by atoms with Crippen molar-refractivity contribution in [2.45, 2.75) is 46.1 Å². The molecule has 1 aromatic carbocycles. The molecule has 3 rings (SSSR count). The van der Waals surface area contributed by atoms with Crippen LogP contribution in [0.4, 0.5) is 5.69 Å². The summed E-state index contributed by atoms with van der Waals surface area (Å²) < 4.78 is 1.99. The molecule has 5 nitrogen and oxygen atoms in total. The molecule has 5 heteroatoms. The second-order valence-corrected chi connectivity index (χ2v) is 6.56. The Balaban J connectivity index is 2.01. The minimum absolute atomic E-state index is 0.368. The Morgan fingerprint density at radius 1 is 1.14 bits per heavy atom. The highest BCUT2D eigenvalue weighted by atomic mass is 15.5. The van der Waals surface area contributed by atoms with Gasteiger partial charge in [-0.1, -0.05) is 26.0 Å². The highest BCUT2D eigenvalue weighted by Gasteiger charge is 2.28. The fourth-order valence-electron chi connectivity index (χ4n) is 3.70. The topological polar surface area (TPSA) is 69.6 Å². The number of nitrogens with zero attached hydrogens (tertiary/aromatic N) is 4. The van der Waals surface area contributed by atoms with Gasteiger partial charge in [0.25, 0.3) is 0 Å². The van der Waals surface area contributed by atoms with Gasteiger partial charge in [-0.05, 0) is 60.1 Å². The number of aryl methyl sites for hydroxylation is 1. The van der Waals surface area contributed by atoms with Crippen molar-refractivity contribution >= 4 is 5.69 Å². The monoisotopic (exact) mass is 285 g/mol. The molecule has 0 amide bonds. The molecular formula is C16H23N5. The Kier molecular flexibility index (Phi) is 3.66. The molecule has 2 aromatic rings. The van der Waals surface area contributed by atoms with Gasteiger partial charge in [0.05, 0.1) is 6.04 Å². The van der Waals surface area contributed by atoms with Crippen LogP contribution < -0.4 is 5.73 Å². The van der Waals surface area contributed by atoms with E-state index in [-0.39, 0.29) is 0 Å². The number of tetrazole rings is 1. The van der Waals surface area contributed by atoms with Gasteiger partial charge in [-0.3, -0.25) is 0 Å². The Labute approximate surface area is 125 Å². The summed E-state index contributed by atoms with van der Waals surface area (Å²) in [6.07, 6.45) is 3.56. The Hall–Kier alpha value is -1.91. The zero-order chi connectivity index (χ0) is 15.0. The maximum Gasteiger partial charge on any atom is 0.184 e. The first-order chi connectivity index (χ1) is 10.1. The highest BCUT2D eigenvalue weighted by molar-refractivity contribution is 5.74. The largest absolute Gasteiger partial charge is 0.398 e. The van der Waals surface area contributed by atoms with Crippen LogP contribution >= 0.6 is 0 Å². The van der Waals surface area contributed by atoms with E-state index in [1.807, 2.05) is 16.8 Å². The van der Waals surface area contributed by atoms with Gasteiger partial charge in [0.2, 0.25) is 0 Å². The van der Waals surface area contributed by atoms with Crippen LogP contribution in [0.15, 0.2) is 18.2 Å². The molecule has 2 unspecified atom stereocenters. The SMILES string of the molecule is Cc1cccc(N)c1-c1nnnn1C1CC(C)CC(C)C1. The fourth-order valence-corrected chi connectivity index (χ4v) is 3.70. The predicted molar refractivity (Wildman–Crippen MR) is 83.6 cm³/mol. The number of rotatable bonds is 2. The smallest absolute Gasteiger partial charge is 0.184 e. The number of nitrogens with two attached hydrogens (primary N) is 1. The average molecular weight is 285 g/mol. The van der Waals surface area contributed by atoms with E-state index in [0.717, 1.165) is 35.5 Å². The summed E-state index contributed by atoms with van der Waals surface area (Å²) in [6.45, 7) is 6.68. The van der Waals surface area contributed by atoms with Gasteiger partial charge in [0, 0.05) is 11.3 Å². The van der Waals surface area contributed by atoms with Crippen LogP contribution in [0, 0.1) is 18.8 Å². The lowest BCUT2D eigenvalue weighted by atomic mass is 9.80. The van der Waals surface area contributed by atoms with E-state index in [4.69, 9.17) is 5.73 Å². The number of nitrogen functional groups attached to an aromatic ring is 1. The van der Waals surface area contributed by atoms with Gasteiger partial charge in [-0.2, -0.15) is 0 Å². The van der Waals surface area contributed by atoms with E-state index in [1.165, 1.54) is 6.42 Å². The summed E-state index contributed by atoms with van der Waals surface area (Å²) >= 11 is 0. The van der Waals surface area contributed by atoms with Crippen LogP contribution in [0.25, 0.3) is 11.4 Å². The lowest BCUT2D eigenvalue weighted by Gasteiger charge is -2.31. The molecule has 0 bridgehead atoms. The summed E-state index contributed by atoms with van der Waals surface area (Å²) in [7, 11) is 0. The third-order valence-electron chi connectivity index (χ3n) is 4.52. The highest BCUT2D eigenvalue weighted by Crippen LogP contribution is 2.38. The van der Waals surface area contributed by atoms with Crippen LogP contribution in [0.5, 0.6) is 0 Å². The molecular weight excluding hydrogens is 262 g/mol. The summed E-state index contributed by atoms with van der Waals surface area (Å²) in [5.74, 6) is 2.23. The molecule has 2 atom stereocenters. The fraction of sp³-hybridized carbons (Fsp3) is 0.562. The number of hydrogen-bond acceptors (Lipinski definition) is 4. The molecule has 1 saturated carbocycles. The first-order valence-corrected chi connectivity index (χ1v) is 7.69. The molecule has 112 valence electrons. The molecule has 1 fully saturated rings.